The second kappa shape index (κ2) is 25.2. The third-order valence-corrected chi connectivity index (χ3v) is 6.57. The van der Waals surface area contributed by atoms with Crippen LogP contribution in [0.5, 0.6) is 0 Å². The molecule has 0 aliphatic heterocycles. The van der Waals surface area contributed by atoms with Gasteiger partial charge in [0.1, 0.15) is 0 Å². The van der Waals surface area contributed by atoms with Gasteiger partial charge in [-0.15, -0.1) is 0 Å². The molecule has 0 aliphatic carbocycles. The van der Waals surface area contributed by atoms with Crippen LogP contribution in [-0.2, 0) is 19.2 Å². The molecule has 0 saturated carbocycles. The van der Waals surface area contributed by atoms with Gasteiger partial charge in [0.15, 0.2) is 0 Å². The smallest absolute Gasteiger partial charge is 0.221 e. The summed E-state index contributed by atoms with van der Waals surface area (Å²) in [5.41, 5.74) is 0. The number of carbonyl (C=O) groups is 4. The van der Waals surface area contributed by atoms with Gasteiger partial charge in [0.25, 0.3) is 0 Å². The molecule has 0 aromatic rings. The minimum Gasteiger partial charge on any atom is -0.356 e. The summed E-state index contributed by atoms with van der Waals surface area (Å²) < 4.78 is 0. The van der Waals surface area contributed by atoms with E-state index in [4.69, 9.17) is 0 Å². The number of rotatable bonds is 26. The lowest BCUT2D eigenvalue weighted by Gasteiger charge is -2.27. The summed E-state index contributed by atoms with van der Waals surface area (Å²) in [6, 6.07) is 0. The van der Waals surface area contributed by atoms with Crippen LogP contribution in [0.4, 0.5) is 0 Å². The van der Waals surface area contributed by atoms with Gasteiger partial charge in [0.05, 0.1) is 0 Å². The normalized spacial score (nSPS) is 11.5. The highest BCUT2D eigenvalue weighted by molar-refractivity contribution is 5.77. The third kappa shape index (κ3) is 25.4. The van der Waals surface area contributed by atoms with E-state index in [1.807, 2.05) is 63.9 Å². The quantitative estimate of drug-likeness (QED) is 0.0959. The maximum atomic E-state index is 12.4. The largest absolute Gasteiger partial charge is 0.356 e. The molecule has 0 aromatic heterocycles. The zero-order valence-electron chi connectivity index (χ0n) is 27.6. The molecule has 0 rings (SSSR count). The molecule has 13 nitrogen and oxygen atoms in total. The maximum absolute atomic E-state index is 12.4. The number of likely N-dealkylation sites (N-methyl/N-ethyl adjacent to an activating group) is 3. The lowest BCUT2D eigenvalue weighted by molar-refractivity contribution is -0.123. The minimum absolute atomic E-state index is 0.00192. The predicted molar refractivity (Wildman–Crippen MR) is 169 cm³/mol. The number of nitrogens with zero attached hydrogens (tertiary/aromatic N) is 5. The van der Waals surface area contributed by atoms with Crippen molar-refractivity contribution in [3.8, 4) is 0 Å². The third-order valence-electron chi connectivity index (χ3n) is 6.57. The Morgan fingerprint density at radius 2 is 0.667 bits per heavy atom. The van der Waals surface area contributed by atoms with Crippen molar-refractivity contribution in [3.05, 3.63) is 0 Å². The fourth-order valence-electron chi connectivity index (χ4n) is 3.87. The predicted octanol–water partition coefficient (Wildman–Crippen LogP) is -1.29. The average molecular weight is 600 g/mol. The summed E-state index contributed by atoms with van der Waals surface area (Å²) >= 11 is 0. The Kier molecular flexibility index (Phi) is 23.8. The van der Waals surface area contributed by atoms with Crippen LogP contribution in [0.2, 0.25) is 0 Å². The second-order valence-corrected chi connectivity index (χ2v) is 11.5. The highest BCUT2D eigenvalue weighted by atomic mass is 16.2. The van der Waals surface area contributed by atoms with E-state index >= 15 is 0 Å². The first kappa shape index (κ1) is 39.7. The fraction of sp³-hybridized carbons (Fsp3) is 0.862. The molecule has 0 aromatic carbocycles. The van der Waals surface area contributed by atoms with Crippen LogP contribution in [0.1, 0.15) is 39.0 Å². The molecule has 246 valence electrons. The highest BCUT2D eigenvalue weighted by Crippen LogP contribution is 2.01. The van der Waals surface area contributed by atoms with Crippen molar-refractivity contribution in [3.63, 3.8) is 0 Å². The van der Waals surface area contributed by atoms with E-state index in [9.17, 15) is 19.2 Å². The van der Waals surface area contributed by atoms with Crippen LogP contribution in [0.15, 0.2) is 0 Å². The Bertz CT molecular complexity index is 721. The maximum Gasteiger partial charge on any atom is 0.221 e. The lowest BCUT2D eigenvalue weighted by Crippen LogP contribution is -2.42. The summed E-state index contributed by atoms with van der Waals surface area (Å²) in [4.78, 5) is 59.9. The lowest BCUT2D eigenvalue weighted by atomic mass is 10.2. The van der Waals surface area contributed by atoms with E-state index in [-0.39, 0.29) is 23.6 Å². The number of hydrogen-bond acceptors (Lipinski definition) is 9. The standard InChI is InChI=1S/C29H61N9O4/c1-8-13-30-26(39)9-17-37(18-10-27(40)31-14-21-34(2)3)24-25-38(19-11-28(41)32-15-22-35(4)5)20-12-29(42)33-16-23-36(6)7/h8-25H2,1-7H3,(H,30,39)(H,31,40)(H,32,41)(H,33,42). The van der Waals surface area contributed by atoms with E-state index in [1.54, 1.807) is 0 Å². The van der Waals surface area contributed by atoms with E-state index < -0.39 is 0 Å². The Labute approximate surface area is 255 Å². The summed E-state index contributed by atoms with van der Waals surface area (Å²) in [5, 5.41) is 11.8. The average Bonchev–Trinajstić information content (AvgIpc) is 2.91. The zero-order valence-corrected chi connectivity index (χ0v) is 27.6. The first-order chi connectivity index (χ1) is 19.9. The van der Waals surface area contributed by atoms with Crippen molar-refractivity contribution in [1.82, 2.24) is 45.8 Å². The Morgan fingerprint density at radius 1 is 0.405 bits per heavy atom. The minimum atomic E-state index is -0.0175. The highest BCUT2D eigenvalue weighted by Gasteiger charge is 2.15. The molecule has 0 saturated heterocycles. The monoisotopic (exact) mass is 599 g/mol. The Balaban J connectivity index is 5.14. The molecule has 0 unspecified atom stereocenters. The molecular weight excluding hydrogens is 538 g/mol. The van der Waals surface area contributed by atoms with Crippen LogP contribution in [-0.4, -0.2) is 175 Å². The first-order valence-electron chi connectivity index (χ1n) is 15.4. The molecule has 4 N–H and O–H groups in total. The van der Waals surface area contributed by atoms with Crippen LogP contribution in [0, 0.1) is 0 Å². The Morgan fingerprint density at radius 3 is 0.905 bits per heavy atom. The number of hydrogen-bond donors (Lipinski definition) is 4. The van der Waals surface area contributed by atoms with Crippen molar-refractivity contribution < 1.29 is 19.2 Å². The topological polar surface area (TPSA) is 133 Å². The van der Waals surface area contributed by atoms with Gasteiger partial charge < -0.3 is 45.8 Å². The van der Waals surface area contributed by atoms with Gasteiger partial charge >= 0.3 is 0 Å². The molecule has 0 spiro atoms. The van der Waals surface area contributed by atoms with E-state index in [0.717, 1.165) is 26.1 Å². The molecule has 4 amide bonds. The van der Waals surface area contributed by atoms with Gasteiger partial charge in [-0.3, -0.25) is 19.2 Å². The number of carbonyl (C=O) groups excluding carboxylic acids is 4. The van der Waals surface area contributed by atoms with E-state index in [0.29, 0.717) is 91.1 Å². The van der Waals surface area contributed by atoms with Crippen LogP contribution in [0.3, 0.4) is 0 Å². The molecule has 13 heteroatoms. The van der Waals surface area contributed by atoms with Gasteiger partial charge in [-0.1, -0.05) is 6.92 Å². The molecule has 0 fully saturated rings. The zero-order chi connectivity index (χ0) is 31.8. The van der Waals surface area contributed by atoms with Crippen molar-refractivity contribution in [2.75, 3.05) is 127 Å². The van der Waals surface area contributed by atoms with Crippen molar-refractivity contribution in [2.45, 2.75) is 39.0 Å². The second-order valence-electron chi connectivity index (χ2n) is 11.5. The van der Waals surface area contributed by atoms with Gasteiger partial charge in [-0.25, -0.2) is 0 Å². The van der Waals surface area contributed by atoms with E-state index in [1.165, 1.54) is 0 Å². The van der Waals surface area contributed by atoms with Gasteiger partial charge in [0.2, 0.25) is 23.6 Å². The van der Waals surface area contributed by atoms with Gasteiger partial charge in [-0.05, 0) is 48.7 Å². The number of nitrogens with one attached hydrogen (secondary N) is 4. The van der Waals surface area contributed by atoms with E-state index in [2.05, 4.69) is 31.1 Å². The van der Waals surface area contributed by atoms with Crippen molar-refractivity contribution in [1.29, 1.82) is 0 Å². The van der Waals surface area contributed by atoms with Crippen LogP contribution in [0.25, 0.3) is 0 Å². The fourth-order valence-corrected chi connectivity index (χ4v) is 3.87. The molecule has 0 atom stereocenters. The molecule has 0 bridgehead atoms. The molecule has 0 heterocycles. The summed E-state index contributed by atoms with van der Waals surface area (Å²) in [6.45, 7) is 10.1. The SMILES string of the molecule is CCCNC(=O)CCN(CCC(=O)NCCN(C)C)CCN(CCC(=O)NCCN(C)C)CCC(=O)NCCN(C)C. The van der Waals surface area contributed by atoms with Gasteiger partial charge in [-0.2, -0.15) is 0 Å². The van der Waals surface area contributed by atoms with Crippen molar-refractivity contribution >= 4 is 23.6 Å². The summed E-state index contributed by atoms with van der Waals surface area (Å²) in [7, 11) is 11.8. The Hall–Kier alpha value is -2.32. The van der Waals surface area contributed by atoms with Crippen LogP contribution >= 0.6 is 0 Å². The molecular formula is C29H61N9O4. The van der Waals surface area contributed by atoms with Crippen LogP contribution < -0.4 is 21.3 Å². The summed E-state index contributed by atoms with van der Waals surface area (Å²) in [5.74, 6) is -0.0527. The molecule has 0 radical (unpaired) electrons. The summed E-state index contributed by atoms with van der Waals surface area (Å²) in [6.07, 6.45) is 2.24. The van der Waals surface area contributed by atoms with Crippen molar-refractivity contribution in [2.24, 2.45) is 0 Å². The first-order valence-corrected chi connectivity index (χ1v) is 15.4. The van der Waals surface area contributed by atoms with Gasteiger partial charge in [0, 0.05) is 111 Å². The molecule has 42 heavy (non-hydrogen) atoms. The molecule has 0 aliphatic rings. The number of amides is 4.